The van der Waals surface area contributed by atoms with Crippen LogP contribution in [0.15, 0.2) is 76.4 Å². The molecule has 0 aliphatic rings. The highest BCUT2D eigenvalue weighted by Crippen LogP contribution is 2.23. The zero-order valence-electron chi connectivity index (χ0n) is 12.5. The van der Waals surface area contributed by atoms with Gasteiger partial charge in [0.05, 0.1) is 6.54 Å². The maximum absolute atomic E-state index is 5.93. The number of para-hydroxylation sites is 1. The van der Waals surface area contributed by atoms with Gasteiger partial charge in [-0.1, -0.05) is 24.3 Å². The van der Waals surface area contributed by atoms with E-state index in [-0.39, 0.29) is 0 Å². The lowest BCUT2D eigenvalue weighted by Crippen LogP contribution is -2.22. The van der Waals surface area contributed by atoms with Gasteiger partial charge in [0, 0.05) is 11.8 Å². The van der Waals surface area contributed by atoms with Gasteiger partial charge in [0.25, 0.3) is 0 Å². The monoisotopic (exact) mass is 323 g/mol. The molecule has 3 rings (SSSR count). The molecule has 0 spiro atoms. The number of anilines is 1. The fourth-order valence-electron chi connectivity index (χ4n) is 2.01. The summed E-state index contributed by atoms with van der Waals surface area (Å²) in [5.41, 5.74) is 7.92. The summed E-state index contributed by atoms with van der Waals surface area (Å²) < 4.78 is 5.80. The minimum absolute atomic E-state index is 0.382. The molecular weight excluding hydrogens is 306 g/mol. The average molecular weight is 323 g/mol. The van der Waals surface area contributed by atoms with Crippen LogP contribution in [0.1, 0.15) is 5.56 Å². The molecule has 1 heterocycles. The summed E-state index contributed by atoms with van der Waals surface area (Å²) in [6, 6.07) is 19.3. The van der Waals surface area contributed by atoms with Crippen LogP contribution in [0, 0.1) is 0 Å². The smallest absolute Gasteiger partial charge is 0.193 e. The number of aliphatic imine (C=N–C) groups is 1. The van der Waals surface area contributed by atoms with Crippen molar-refractivity contribution in [1.82, 2.24) is 0 Å². The first kappa shape index (κ1) is 15.1. The summed E-state index contributed by atoms with van der Waals surface area (Å²) in [5, 5.41) is 7.17. The van der Waals surface area contributed by atoms with Crippen molar-refractivity contribution < 1.29 is 4.74 Å². The Bertz CT molecular complexity index is 770. The Balaban J connectivity index is 1.64. The van der Waals surface area contributed by atoms with E-state index < -0.39 is 0 Å². The summed E-state index contributed by atoms with van der Waals surface area (Å²) >= 11 is 1.65. The molecule has 0 aliphatic heterocycles. The largest absolute Gasteiger partial charge is 0.457 e. The standard InChI is InChI=1S/C18H17N3OS/c19-18(20-12-14-9-10-23-13-14)21-15-5-4-8-17(11-15)22-16-6-2-1-3-7-16/h1-11,13H,12H2,(H3,19,20,21). The van der Waals surface area contributed by atoms with Crippen LogP contribution in [-0.4, -0.2) is 5.96 Å². The van der Waals surface area contributed by atoms with E-state index in [1.807, 2.05) is 66.0 Å². The number of nitrogens with two attached hydrogens (primary N) is 1. The van der Waals surface area contributed by atoms with Gasteiger partial charge in [-0.25, -0.2) is 4.99 Å². The van der Waals surface area contributed by atoms with Gasteiger partial charge in [-0.3, -0.25) is 0 Å². The van der Waals surface area contributed by atoms with Crippen LogP contribution in [0.4, 0.5) is 5.69 Å². The first-order valence-corrected chi connectivity index (χ1v) is 8.15. The Morgan fingerprint density at radius 3 is 2.65 bits per heavy atom. The maximum atomic E-state index is 5.93. The van der Waals surface area contributed by atoms with Gasteiger partial charge in [0.1, 0.15) is 11.5 Å². The maximum Gasteiger partial charge on any atom is 0.193 e. The fraction of sp³-hybridized carbons (Fsp3) is 0.0556. The molecule has 4 nitrogen and oxygen atoms in total. The quantitative estimate of drug-likeness (QED) is 0.538. The van der Waals surface area contributed by atoms with Crippen LogP contribution < -0.4 is 15.8 Å². The number of guanidine groups is 1. The van der Waals surface area contributed by atoms with Crippen molar-refractivity contribution in [2.75, 3.05) is 5.32 Å². The van der Waals surface area contributed by atoms with E-state index in [0.717, 1.165) is 22.7 Å². The zero-order chi connectivity index (χ0) is 15.9. The van der Waals surface area contributed by atoms with Gasteiger partial charge >= 0.3 is 0 Å². The van der Waals surface area contributed by atoms with Crippen molar-refractivity contribution in [3.05, 3.63) is 77.0 Å². The Morgan fingerprint density at radius 1 is 1.04 bits per heavy atom. The Labute approximate surface area is 139 Å². The Morgan fingerprint density at radius 2 is 1.87 bits per heavy atom. The van der Waals surface area contributed by atoms with Crippen molar-refractivity contribution >= 4 is 23.0 Å². The minimum Gasteiger partial charge on any atom is -0.457 e. The third-order valence-electron chi connectivity index (χ3n) is 3.10. The van der Waals surface area contributed by atoms with E-state index in [1.165, 1.54) is 0 Å². The highest BCUT2D eigenvalue weighted by atomic mass is 32.1. The van der Waals surface area contributed by atoms with E-state index in [1.54, 1.807) is 11.3 Å². The lowest BCUT2D eigenvalue weighted by molar-refractivity contribution is 0.483. The predicted octanol–water partition coefficient (Wildman–Crippen LogP) is 4.47. The molecule has 1 aromatic heterocycles. The lowest BCUT2D eigenvalue weighted by atomic mass is 10.3. The van der Waals surface area contributed by atoms with Crippen LogP contribution in [-0.2, 0) is 6.54 Å². The molecule has 2 aromatic carbocycles. The van der Waals surface area contributed by atoms with E-state index in [4.69, 9.17) is 10.5 Å². The van der Waals surface area contributed by atoms with Gasteiger partial charge in [0.15, 0.2) is 5.96 Å². The van der Waals surface area contributed by atoms with Crippen LogP contribution in [0.2, 0.25) is 0 Å². The molecule has 5 heteroatoms. The number of hydrogen-bond acceptors (Lipinski definition) is 3. The van der Waals surface area contributed by atoms with Crippen LogP contribution in [0.25, 0.3) is 0 Å². The molecule has 116 valence electrons. The number of rotatable bonds is 5. The van der Waals surface area contributed by atoms with E-state index >= 15 is 0 Å². The van der Waals surface area contributed by atoms with Gasteiger partial charge in [-0.15, -0.1) is 0 Å². The van der Waals surface area contributed by atoms with Crippen molar-refractivity contribution in [1.29, 1.82) is 0 Å². The number of nitrogens with zero attached hydrogens (tertiary/aromatic N) is 1. The van der Waals surface area contributed by atoms with E-state index in [2.05, 4.69) is 15.7 Å². The molecule has 0 unspecified atom stereocenters. The summed E-state index contributed by atoms with van der Waals surface area (Å²) in [6.45, 7) is 0.572. The molecule has 0 atom stereocenters. The summed E-state index contributed by atoms with van der Waals surface area (Å²) in [5.74, 6) is 1.92. The molecule has 3 N–H and O–H groups in total. The normalized spacial score (nSPS) is 11.2. The predicted molar refractivity (Wildman–Crippen MR) is 96.2 cm³/mol. The van der Waals surface area contributed by atoms with Gasteiger partial charge < -0.3 is 15.8 Å². The lowest BCUT2D eigenvalue weighted by Gasteiger charge is -2.09. The number of nitrogens with one attached hydrogen (secondary N) is 1. The second-order valence-electron chi connectivity index (χ2n) is 4.90. The molecule has 3 aromatic rings. The molecule has 0 bridgehead atoms. The first-order valence-electron chi connectivity index (χ1n) is 7.20. The molecular formula is C18H17N3OS. The van der Waals surface area contributed by atoms with Crippen LogP contribution >= 0.6 is 11.3 Å². The second kappa shape index (κ2) is 7.47. The van der Waals surface area contributed by atoms with Gasteiger partial charge in [-0.2, -0.15) is 11.3 Å². The fourth-order valence-corrected chi connectivity index (χ4v) is 2.67. The summed E-state index contributed by atoms with van der Waals surface area (Å²) in [6.07, 6.45) is 0. The molecule has 0 saturated carbocycles. The highest BCUT2D eigenvalue weighted by molar-refractivity contribution is 7.07. The zero-order valence-corrected chi connectivity index (χ0v) is 13.3. The minimum atomic E-state index is 0.382. The molecule has 23 heavy (non-hydrogen) atoms. The molecule has 0 saturated heterocycles. The average Bonchev–Trinajstić information content (AvgIpc) is 3.08. The van der Waals surface area contributed by atoms with Crippen LogP contribution in [0.5, 0.6) is 11.5 Å². The third-order valence-corrected chi connectivity index (χ3v) is 3.83. The van der Waals surface area contributed by atoms with Crippen molar-refractivity contribution in [2.45, 2.75) is 6.54 Å². The second-order valence-corrected chi connectivity index (χ2v) is 5.68. The third kappa shape index (κ3) is 4.59. The highest BCUT2D eigenvalue weighted by Gasteiger charge is 2.00. The van der Waals surface area contributed by atoms with Gasteiger partial charge in [-0.05, 0) is 46.7 Å². The Kier molecular flexibility index (Phi) is 4.91. The number of thiophene rings is 1. The first-order chi connectivity index (χ1) is 11.3. The summed E-state index contributed by atoms with van der Waals surface area (Å²) in [7, 11) is 0. The molecule has 0 amide bonds. The topological polar surface area (TPSA) is 59.6 Å². The van der Waals surface area contributed by atoms with Crippen molar-refractivity contribution in [2.24, 2.45) is 10.7 Å². The van der Waals surface area contributed by atoms with Gasteiger partial charge in [0.2, 0.25) is 0 Å². The number of hydrogen-bond donors (Lipinski definition) is 2. The molecule has 0 radical (unpaired) electrons. The van der Waals surface area contributed by atoms with E-state index in [9.17, 15) is 0 Å². The van der Waals surface area contributed by atoms with Crippen molar-refractivity contribution in [3.63, 3.8) is 0 Å². The number of benzene rings is 2. The molecule has 0 fully saturated rings. The Hall–Kier alpha value is -2.79. The van der Waals surface area contributed by atoms with Crippen molar-refractivity contribution in [3.8, 4) is 11.5 Å². The SMILES string of the molecule is NC(=NCc1ccsc1)Nc1cccc(Oc2ccccc2)c1. The van der Waals surface area contributed by atoms with E-state index in [0.29, 0.717) is 12.5 Å². The summed E-state index contributed by atoms with van der Waals surface area (Å²) in [4.78, 5) is 4.32. The molecule has 0 aliphatic carbocycles. The van der Waals surface area contributed by atoms with Crippen LogP contribution in [0.3, 0.4) is 0 Å². The number of ether oxygens (including phenoxy) is 1.